The standard InChI is InChI=1S/C50H94O3S.Na/c1-2-3-4-5-6-7-8-9-10-11-12-13-14-15-16-17-18-19-20-21-22-23-24-25-26-27-28-29-30-31-32-33-34-35-36-37-38-39-40-41-42-43-44-49-45-47-50(48-46-49)54(51,52)53;/h45-48H,2-44H2,1H3,(H,51,52,53);/q;+1/p-1. The van der Waals surface area contributed by atoms with Gasteiger partial charge in [-0.15, -0.1) is 0 Å². The third kappa shape index (κ3) is 40.7. The van der Waals surface area contributed by atoms with Gasteiger partial charge in [-0.05, 0) is 30.5 Å². The van der Waals surface area contributed by atoms with Gasteiger partial charge in [0.05, 0.1) is 4.90 Å². The van der Waals surface area contributed by atoms with Crippen LogP contribution in [0.2, 0.25) is 0 Å². The first-order valence-electron chi connectivity index (χ1n) is 24.6. The molecule has 0 saturated carbocycles. The second-order valence-corrected chi connectivity index (χ2v) is 18.7. The summed E-state index contributed by atoms with van der Waals surface area (Å²) < 4.78 is 33.1. The molecule has 1 rings (SSSR count). The SMILES string of the molecule is CCCCCCCCCCCCCCCCCCCCCCCCCCCCCCCCCCCCCCCCCCCCc1ccc(S(=O)(=O)[O-])cc1.[Na+]. The van der Waals surface area contributed by atoms with Crippen LogP contribution in [0.3, 0.4) is 0 Å². The third-order valence-electron chi connectivity index (χ3n) is 12.0. The molecule has 0 spiro atoms. The molecule has 1 aromatic rings. The Bertz CT molecular complexity index is 979. The van der Waals surface area contributed by atoms with Crippen LogP contribution in [0, 0.1) is 0 Å². The Hall–Kier alpha value is 0.130. The van der Waals surface area contributed by atoms with Gasteiger partial charge in [0.2, 0.25) is 0 Å². The van der Waals surface area contributed by atoms with E-state index in [9.17, 15) is 13.0 Å². The summed E-state index contributed by atoms with van der Waals surface area (Å²) in [6.07, 6.45) is 61.3. The van der Waals surface area contributed by atoms with Crippen LogP contribution in [-0.4, -0.2) is 13.0 Å². The molecule has 0 amide bonds. The van der Waals surface area contributed by atoms with Crippen molar-refractivity contribution in [2.24, 2.45) is 0 Å². The molecule has 0 aliphatic heterocycles. The van der Waals surface area contributed by atoms with Crippen molar-refractivity contribution >= 4 is 10.1 Å². The quantitative estimate of drug-likeness (QED) is 0.0375. The van der Waals surface area contributed by atoms with Gasteiger partial charge in [-0.25, -0.2) is 8.42 Å². The van der Waals surface area contributed by atoms with Crippen molar-refractivity contribution in [2.45, 2.75) is 288 Å². The van der Waals surface area contributed by atoms with Gasteiger partial charge in [0, 0.05) is 0 Å². The molecule has 0 radical (unpaired) electrons. The first kappa shape index (κ1) is 55.1. The van der Waals surface area contributed by atoms with Crippen LogP contribution in [0.5, 0.6) is 0 Å². The summed E-state index contributed by atoms with van der Waals surface area (Å²) in [4.78, 5) is -0.131. The van der Waals surface area contributed by atoms with E-state index in [0.717, 1.165) is 18.4 Å². The summed E-state index contributed by atoms with van der Waals surface area (Å²) >= 11 is 0. The van der Waals surface area contributed by atoms with Gasteiger partial charge in [0.15, 0.2) is 0 Å². The fraction of sp³-hybridized carbons (Fsp3) is 0.880. The number of benzene rings is 1. The maximum atomic E-state index is 11.0. The molecule has 0 aliphatic rings. The molecule has 3 nitrogen and oxygen atoms in total. The van der Waals surface area contributed by atoms with E-state index < -0.39 is 10.1 Å². The number of hydrogen-bond donors (Lipinski definition) is 0. The molecule has 0 atom stereocenters. The fourth-order valence-corrected chi connectivity index (χ4v) is 8.77. The zero-order valence-corrected chi connectivity index (χ0v) is 40.2. The van der Waals surface area contributed by atoms with Crippen LogP contribution in [-0.2, 0) is 16.5 Å². The average Bonchev–Trinajstić information content (AvgIpc) is 3.16. The molecule has 0 N–H and O–H groups in total. The number of hydrogen-bond acceptors (Lipinski definition) is 3. The van der Waals surface area contributed by atoms with Gasteiger partial charge in [0.1, 0.15) is 10.1 Å². The third-order valence-corrected chi connectivity index (χ3v) is 12.9. The van der Waals surface area contributed by atoms with E-state index in [1.54, 1.807) is 12.1 Å². The second-order valence-electron chi connectivity index (χ2n) is 17.3. The smallest absolute Gasteiger partial charge is 0.744 e. The normalized spacial score (nSPS) is 11.7. The monoisotopic (exact) mass is 797 g/mol. The first-order valence-corrected chi connectivity index (χ1v) is 26.0. The fourth-order valence-electron chi connectivity index (χ4n) is 8.30. The zero-order chi connectivity index (χ0) is 38.9. The summed E-state index contributed by atoms with van der Waals surface area (Å²) in [5.74, 6) is 0. The number of unbranched alkanes of at least 4 members (excludes halogenated alkanes) is 41. The molecule has 0 fully saturated rings. The van der Waals surface area contributed by atoms with E-state index in [-0.39, 0.29) is 34.5 Å². The maximum Gasteiger partial charge on any atom is 1.00 e. The minimum Gasteiger partial charge on any atom is -0.744 e. The minimum atomic E-state index is -4.33. The maximum absolute atomic E-state index is 11.0. The van der Waals surface area contributed by atoms with E-state index in [1.165, 1.54) is 275 Å². The van der Waals surface area contributed by atoms with Crippen LogP contribution in [0.15, 0.2) is 29.2 Å². The van der Waals surface area contributed by atoms with Crippen LogP contribution in [0.4, 0.5) is 0 Å². The molecule has 0 aliphatic carbocycles. The summed E-state index contributed by atoms with van der Waals surface area (Å²) in [7, 11) is -4.33. The number of aryl methyl sites for hydroxylation is 1. The summed E-state index contributed by atoms with van der Waals surface area (Å²) in [6, 6.07) is 6.42. The predicted molar refractivity (Wildman–Crippen MR) is 238 cm³/mol. The molecule has 0 heterocycles. The van der Waals surface area contributed by atoms with Crippen LogP contribution >= 0.6 is 0 Å². The topological polar surface area (TPSA) is 57.2 Å². The Balaban J connectivity index is 0.0000292. The van der Waals surface area contributed by atoms with Gasteiger partial charge in [-0.2, -0.15) is 0 Å². The minimum absolute atomic E-state index is 0. The molecule has 5 heteroatoms. The summed E-state index contributed by atoms with van der Waals surface area (Å²) in [6.45, 7) is 2.31. The van der Waals surface area contributed by atoms with E-state index >= 15 is 0 Å². The average molecular weight is 797 g/mol. The first-order chi connectivity index (χ1) is 26.5. The zero-order valence-electron chi connectivity index (χ0n) is 37.3. The van der Waals surface area contributed by atoms with Crippen molar-refractivity contribution in [2.75, 3.05) is 0 Å². The Labute approximate surface area is 368 Å². The molecule has 318 valence electrons. The Kier molecular flexibility index (Phi) is 43.8. The Morgan fingerprint density at radius 1 is 0.327 bits per heavy atom. The van der Waals surface area contributed by atoms with Crippen LogP contribution in [0.1, 0.15) is 282 Å². The van der Waals surface area contributed by atoms with Crippen LogP contribution in [0.25, 0.3) is 0 Å². The van der Waals surface area contributed by atoms with Gasteiger partial charge in [-0.3, -0.25) is 0 Å². The van der Waals surface area contributed by atoms with E-state index in [2.05, 4.69) is 6.92 Å². The van der Waals surface area contributed by atoms with Crippen molar-refractivity contribution in [3.63, 3.8) is 0 Å². The van der Waals surface area contributed by atoms with Gasteiger partial charge < -0.3 is 4.55 Å². The Morgan fingerprint density at radius 2 is 0.509 bits per heavy atom. The largest absolute Gasteiger partial charge is 1.00 e. The van der Waals surface area contributed by atoms with Crippen molar-refractivity contribution in [3.05, 3.63) is 29.8 Å². The molecular formula is C50H93NaO3S. The van der Waals surface area contributed by atoms with Gasteiger partial charge >= 0.3 is 29.6 Å². The molecule has 0 saturated heterocycles. The molecule has 0 aromatic heterocycles. The molecular weight excluding hydrogens is 704 g/mol. The molecule has 55 heavy (non-hydrogen) atoms. The molecule has 0 bridgehead atoms. The van der Waals surface area contributed by atoms with E-state index in [4.69, 9.17) is 0 Å². The van der Waals surface area contributed by atoms with Crippen molar-refractivity contribution < 1.29 is 42.5 Å². The summed E-state index contributed by atoms with van der Waals surface area (Å²) in [5.41, 5.74) is 1.12. The summed E-state index contributed by atoms with van der Waals surface area (Å²) in [5, 5.41) is 0. The second kappa shape index (κ2) is 43.7. The van der Waals surface area contributed by atoms with Crippen molar-refractivity contribution in [1.82, 2.24) is 0 Å². The van der Waals surface area contributed by atoms with E-state index in [0.29, 0.717) is 0 Å². The van der Waals surface area contributed by atoms with E-state index in [1.807, 2.05) is 0 Å². The van der Waals surface area contributed by atoms with Crippen molar-refractivity contribution in [1.29, 1.82) is 0 Å². The predicted octanol–water partition coefficient (Wildman–Crippen LogP) is 14.5. The molecule has 0 unspecified atom stereocenters. The van der Waals surface area contributed by atoms with Gasteiger partial charge in [-0.1, -0.05) is 282 Å². The molecule has 1 aromatic carbocycles. The van der Waals surface area contributed by atoms with Crippen LogP contribution < -0.4 is 29.6 Å². The Morgan fingerprint density at radius 3 is 0.691 bits per heavy atom. The van der Waals surface area contributed by atoms with Gasteiger partial charge in [0.25, 0.3) is 0 Å². The number of rotatable bonds is 44. The van der Waals surface area contributed by atoms with Crippen molar-refractivity contribution in [3.8, 4) is 0 Å².